The SMILES string of the molecule is Cc1ccc(CN(C)S(=O)(=O)c2c[nH]c(=O)c(Cl)c2)o1. The van der Waals surface area contributed by atoms with E-state index in [0.29, 0.717) is 11.5 Å². The Bertz CT molecular complexity index is 779. The lowest BCUT2D eigenvalue weighted by Crippen LogP contribution is -2.27. The lowest BCUT2D eigenvalue weighted by molar-refractivity contribution is 0.397. The van der Waals surface area contributed by atoms with Gasteiger partial charge in [-0.25, -0.2) is 8.42 Å². The van der Waals surface area contributed by atoms with Crippen LogP contribution in [0.15, 0.2) is 38.5 Å². The number of furan rings is 1. The van der Waals surface area contributed by atoms with Crippen LogP contribution in [0.25, 0.3) is 0 Å². The summed E-state index contributed by atoms with van der Waals surface area (Å²) in [6.45, 7) is 1.87. The second-order valence-electron chi connectivity index (χ2n) is 4.29. The molecule has 2 aromatic heterocycles. The van der Waals surface area contributed by atoms with E-state index in [1.165, 1.54) is 7.05 Å². The molecule has 0 radical (unpaired) electrons. The Labute approximate surface area is 121 Å². The Hall–Kier alpha value is -1.57. The Kier molecular flexibility index (Phi) is 4.03. The van der Waals surface area contributed by atoms with Crippen molar-refractivity contribution in [1.29, 1.82) is 0 Å². The first-order valence-corrected chi connectivity index (χ1v) is 7.52. The highest BCUT2D eigenvalue weighted by Gasteiger charge is 2.22. The van der Waals surface area contributed by atoms with E-state index in [4.69, 9.17) is 16.0 Å². The van der Waals surface area contributed by atoms with Crippen LogP contribution in [0.3, 0.4) is 0 Å². The number of halogens is 1. The average molecular weight is 317 g/mol. The van der Waals surface area contributed by atoms with Gasteiger partial charge in [-0.3, -0.25) is 4.79 Å². The number of aromatic amines is 1. The van der Waals surface area contributed by atoms with Gasteiger partial charge >= 0.3 is 0 Å². The minimum Gasteiger partial charge on any atom is -0.465 e. The molecule has 0 saturated carbocycles. The van der Waals surface area contributed by atoms with E-state index in [0.717, 1.165) is 16.6 Å². The average Bonchev–Trinajstić information content (AvgIpc) is 2.78. The van der Waals surface area contributed by atoms with Gasteiger partial charge in [-0.05, 0) is 25.1 Å². The molecule has 20 heavy (non-hydrogen) atoms. The second kappa shape index (κ2) is 5.43. The van der Waals surface area contributed by atoms with Crippen molar-refractivity contribution in [3.05, 3.63) is 51.3 Å². The van der Waals surface area contributed by atoms with Crippen molar-refractivity contribution in [3.8, 4) is 0 Å². The van der Waals surface area contributed by atoms with Crippen molar-refractivity contribution >= 4 is 21.6 Å². The number of nitrogens with zero attached hydrogens (tertiary/aromatic N) is 1. The molecule has 0 aliphatic heterocycles. The predicted molar refractivity (Wildman–Crippen MR) is 74.2 cm³/mol. The van der Waals surface area contributed by atoms with E-state index >= 15 is 0 Å². The first kappa shape index (κ1) is 14.8. The van der Waals surface area contributed by atoms with Gasteiger partial charge in [0.25, 0.3) is 5.56 Å². The number of sulfonamides is 1. The number of hydrogen-bond donors (Lipinski definition) is 1. The van der Waals surface area contributed by atoms with E-state index < -0.39 is 15.6 Å². The van der Waals surface area contributed by atoms with Crippen LogP contribution in [0.2, 0.25) is 5.02 Å². The third kappa shape index (κ3) is 2.95. The largest absolute Gasteiger partial charge is 0.465 e. The van der Waals surface area contributed by atoms with Crippen LogP contribution in [-0.4, -0.2) is 24.8 Å². The fourth-order valence-corrected chi connectivity index (χ4v) is 3.01. The third-order valence-corrected chi connectivity index (χ3v) is 4.78. The van der Waals surface area contributed by atoms with Gasteiger partial charge in [0.05, 0.1) is 11.4 Å². The zero-order chi connectivity index (χ0) is 14.9. The van der Waals surface area contributed by atoms with Crippen molar-refractivity contribution in [2.75, 3.05) is 7.05 Å². The van der Waals surface area contributed by atoms with Crippen LogP contribution in [0.5, 0.6) is 0 Å². The molecule has 0 fully saturated rings. The fourth-order valence-electron chi connectivity index (χ4n) is 1.64. The van der Waals surface area contributed by atoms with Gasteiger partial charge < -0.3 is 9.40 Å². The smallest absolute Gasteiger partial charge is 0.266 e. The van der Waals surface area contributed by atoms with E-state index in [1.807, 2.05) is 0 Å². The first-order chi connectivity index (χ1) is 9.30. The van der Waals surface area contributed by atoms with Gasteiger partial charge in [-0.1, -0.05) is 11.6 Å². The fraction of sp³-hybridized carbons (Fsp3) is 0.250. The molecular weight excluding hydrogens is 304 g/mol. The quantitative estimate of drug-likeness (QED) is 0.931. The summed E-state index contributed by atoms with van der Waals surface area (Å²) in [6.07, 6.45) is 1.12. The Balaban J connectivity index is 2.29. The molecule has 2 aromatic rings. The Morgan fingerprint density at radius 2 is 2.10 bits per heavy atom. The number of nitrogens with one attached hydrogen (secondary N) is 1. The van der Waals surface area contributed by atoms with Crippen molar-refractivity contribution in [2.24, 2.45) is 0 Å². The summed E-state index contributed by atoms with van der Waals surface area (Å²) >= 11 is 5.64. The monoisotopic (exact) mass is 316 g/mol. The lowest BCUT2D eigenvalue weighted by atomic mass is 10.4. The standard InChI is InChI=1S/C12H13ClN2O4S/c1-8-3-4-9(19-8)7-15(2)20(17,18)10-5-11(13)12(16)14-6-10/h3-6H,7H2,1-2H3,(H,14,16). The molecule has 0 spiro atoms. The molecule has 0 unspecified atom stereocenters. The highest BCUT2D eigenvalue weighted by molar-refractivity contribution is 7.89. The molecule has 0 bridgehead atoms. The Morgan fingerprint density at radius 3 is 2.65 bits per heavy atom. The molecule has 6 nitrogen and oxygen atoms in total. The second-order valence-corrected chi connectivity index (χ2v) is 6.74. The van der Waals surface area contributed by atoms with E-state index in [9.17, 15) is 13.2 Å². The van der Waals surface area contributed by atoms with Gasteiger partial charge in [-0.2, -0.15) is 4.31 Å². The number of aryl methyl sites for hydroxylation is 1. The van der Waals surface area contributed by atoms with Gasteiger partial charge in [-0.15, -0.1) is 0 Å². The molecule has 8 heteroatoms. The molecule has 0 aromatic carbocycles. The topological polar surface area (TPSA) is 83.4 Å². The predicted octanol–water partition coefficient (Wildman–Crippen LogP) is 1.75. The maximum absolute atomic E-state index is 12.3. The summed E-state index contributed by atoms with van der Waals surface area (Å²) in [5.74, 6) is 1.24. The van der Waals surface area contributed by atoms with Crippen molar-refractivity contribution < 1.29 is 12.8 Å². The lowest BCUT2D eigenvalue weighted by Gasteiger charge is -2.15. The van der Waals surface area contributed by atoms with Gasteiger partial charge in [0.2, 0.25) is 10.0 Å². The minimum atomic E-state index is -3.75. The molecule has 0 atom stereocenters. The zero-order valence-corrected chi connectivity index (χ0v) is 12.5. The van der Waals surface area contributed by atoms with Crippen LogP contribution in [0.1, 0.15) is 11.5 Å². The zero-order valence-electron chi connectivity index (χ0n) is 10.9. The van der Waals surface area contributed by atoms with E-state index in [-0.39, 0.29) is 16.5 Å². The van der Waals surface area contributed by atoms with Crippen LogP contribution < -0.4 is 5.56 Å². The number of aromatic nitrogens is 1. The molecule has 2 rings (SSSR count). The van der Waals surface area contributed by atoms with E-state index in [1.54, 1.807) is 19.1 Å². The molecular formula is C12H13ClN2O4S. The third-order valence-electron chi connectivity index (χ3n) is 2.71. The first-order valence-electron chi connectivity index (χ1n) is 5.70. The highest BCUT2D eigenvalue weighted by atomic mass is 35.5. The van der Waals surface area contributed by atoms with Crippen molar-refractivity contribution in [2.45, 2.75) is 18.4 Å². The summed E-state index contributed by atoms with van der Waals surface area (Å²) in [6, 6.07) is 4.59. The maximum atomic E-state index is 12.3. The molecule has 2 heterocycles. The number of H-pyrrole nitrogens is 1. The maximum Gasteiger partial charge on any atom is 0.266 e. The van der Waals surface area contributed by atoms with E-state index in [2.05, 4.69) is 4.98 Å². The molecule has 0 amide bonds. The highest BCUT2D eigenvalue weighted by Crippen LogP contribution is 2.18. The van der Waals surface area contributed by atoms with Gasteiger partial charge in [0, 0.05) is 13.2 Å². The summed E-state index contributed by atoms with van der Waals surface area (Å²) in [5, 5.41) is -0.173. The normalized spacial score (nSPS) is 12.0. The van der Waals surface area contributed by atoms with Crippen molar-refractivity contribution in [3.63, 3.8) is 0 Å². The summed E-state index contributed by atoms with van der Waals surface area (Å²) < 4.78 is 31.1. The molecule has 0 saturated heterocycles. The summed E-state index contributed by atoms with van der Waals surface area (Å²) in [4.78, 5) is 13.4. The van der Waals surface area contributed by atoms with Crippen LogP contribution in [-0.2, 0) is 16.6 Å². The number of rotatable bonds is 4. The van der Waals surface area contributed by atoms with Crippen LogP contribution in [0.4, 0.5) is 0 Å². The molecule has 1 N–H and O–H groups in total. The van der Waals surface area contributed by atoms with Gasteiger partial charge in [0.15, 0.2) is 0 Å². The molecule has 0 aliphatic carbocycles. The molecule has 0 aliphatic rings. The number of hydrogen-bond acceptors (Lipinski definition) is 4. The summed E-state index contributed by atoms with van der Waals surface area (Å²) in [7, 11) is -2.33. The number of pyridine rings is 1. The minimum absolute atomic E-state index is 0.0760. The van der Waals surface area contributed by atoms with Crippen LogP contribution in [0, 0.1) is 6.92 Å². The molecule has 108 valence electrons. The Morgan fingerprint density at radius 1 is 1.40 bits per heavy atom. The van der Waals surface area contributed by atoms with Crippen molar-refractivity contribution in [1.82, 2.24) is 9.29 Å². The summed E-state index contributed by atoms with van der Waals surface area (Å²) in [5.41, 5.74) is -0.532. The van der Waals surface area contributed by atoms with Gasteiger partial charge in [0.1, 0.15) is 16.5 Å². The van der Waals surface area contributed by atoms with Crippen LogP contribution >= 0.6 is 11.6 Å².